The predicted octanol–water partition coefficient (Wildman–Crippen LogP) is -0.604. The zero-order valence-electron chi connectivity index (χ0n) is 14.1. The second-order valence-electron chi connectivity index (χ2n) is 5.72. The lowest BCUT2D eigenvalue weighted by molar-refractivity contribution is -0.121. The Hall–Kier alpha value is -1.35. The highest BCUT2D eigenvalue weighted by molar-refractivity contribution is 7.89. The third kappa shape index (κ3) is 11.3. The van der Waals surface area contributed by atoms with Crippen LogP contribution in [-0.2, 0) is 14.8 Å². The van der Waals surface area contributed by atoms with Crippen LogP contribution in [0.4, 0.5) is 0 Å². The number of hydrogen-bond acceptors (Lipinski definition) is 4. The molecular formula is C13H29N5O3S. The standard InChI is InChI=1S/C13H29N5O3S/c1-6-14-12(15-8-9-17-22(20,21)7-2)16-10-11(19)18-13(3,4)5/h17H,6-10H2,1-5H3,(H,18,19)(H2,14,15,16). The number of rotatable bonds is 8. The van der Waals surface area contributed by atoms with E-state index in [4.69, 9.17) is 0 Å². The van der Waals surface area contributed by atoms with E-state index in [1.165, 1.54) is 0 Å². The molecule has 0 rings (SSSR count). The molecule has 0 aromatic rings. The molecule has 9 heteroatoms. The lowest BCUT2D eigenvalue weighted by atomic mass is 10.1. The summed E-state index contributed by atoms with van der Waals surface area (Å²) in [5.74, 6) is 0.354. The van der Waals surface area contributed by atoms with Crippen molar-refractivity contribution in [3.63, 3.8) is 0 Å². The van der Waals surface area contributed by atoms with Gasteiger partial charge in [-0.05, 0) is 34.6 Å². The van der Waals surface area contributed by atoms with Crippen LogP contribution >= 0.6 is 0 Å². The lowest BCUT2D eigenvalue weighted by Crippen LogP contribution is -2.44. The molecule has 0 saturated heterocycles. The first-order valence-corrected chi connectivity index (χ1v) is 9.05. The molecule has 0 saturated carbocycles. The van der Waals surface area contributed by atoms with Crippen molar-refractivity contribution in [3.8, 4) is 0 Å². The van der Waals surface area contributed by atoms with Gasteiger partial charge in [-0.2, -0.15) is 0 Å². The van der Waals surface area contributed by atoms with Gasteiger partial charge < -0.3 is 16.0 Å². The minimum Gasteiger partial charge on any atom is -0.357 e. The zero-order chi connectivity index (χ0) is 17.2. The summed E-state index contributed by atoms with van der Waals surface area (Å²) in [6.07, 6.45) is 0. The number of sulfonamides is 1. The van der Waals surface area contributed by atoms with Gasteiger partial charge in [-0.3, -0.25) is 4.79 Å². The highest BCUT2D eigenvalue weighted by Gasteiger charge is 2.13. The number of aliphatic imine (C=N–C) groups is 1. The van der Waals surface area contributed by atoms with Crippen molar-refractivity contribution in [2.75, 3.05) is 31.9 Å². The number of guanidine groups is 1. The molecule has 0 heterocycles. The first-order chi connectivity index (χ1) is 10.1. The fourth-order valence-electron chi connectivity index (χ4n) is 1.44. The third-order valence-electron chi connectivity index (χ3n) is 2.36. The van der Waals surface area contributed by atoms with Gasteiger partial charge in [0.05, 0.1) is 5.75 Å². The maximum atomic E-state index is 11.7. The van der Waals surface area contributed by atoms with Gasteiger partial charge in [-0.1, -0.05) is 0 Å². The third-order valence-corrected chi connectivity index (χ3v) is 3.76. The molecule has 0 aromatic heterocycles. The number of carbonyl (C=O) groups is 1. The summed E-state index contributed by atoms with van der Waals surface area (Å²) in [6.45, 7) is 10.5. The minimum absolute atomic E-state index is 0.00723. The lowest BCUT2D eigenvalue weighted by Gasteiger charge is -2.20. The number of nitrogens with one attached hydrogen (secondary N) is 4. The van der Waals surface area contributed by atoms with Crippen molar-refractivity contribution < 1.29 is 13.2 Å². The summed E-state index contributed by atoms with van der Waals surface area (Å²) in [5, 5.41) is 8.78. The zero-order valence-corrected chi connectivity index (χ0v) is 14.9. The van der Waals surface area contributed by atoms with E-state index in [2.05, 4.69) is 25.7 Å². The number of nitrogens with zero attached hydrogens (tertiary/aromatic N) is 1. The summed E-state index contributed by atoms with van der Waals surface area (Å²) in [4.78, 5) is 15.9. The molecule has 22 heavy (non-hydrogen) atoms. The molecule has 0 atom stereocenters. The van der Waals surface area contributed by atoms with Crippen molar-refractivity contribution in [1.29, 1.82) is 0 Å². The Bertz CT molecular complexity index is 469. The summed E-state index contributed by atoms with van der Waals surface area (Å²) < 4.78 is 25.0. The van der Waals surface area contributed by atoms with E-state index in [-0.39, 0.29) is 30.3 Å². The van der Waals surface area contributed by atoms with Crippen LogP contribution in [0.25, 0.3) is 0 Å². The molecule has 0 bridgehead atoms. The van der Waals surface area contributed by atoms with Gasteiger partial charge in [0.2, 0.25) is 15.9 Å². The summed E-state index contributed by atoms with van der Waals surface area (Å²) in [7, 11) is -3.19. The molecule has 0 spiro atoms. The first kappa shape index (κ1) is 20.6. The second-order valence-corrected chi connectivity index (χ2v) is 7.81. The number of hydrogen-bond donors (Lipinski definition) is 4. The molecule has 8 nitrogen and oxygen atoms in total. The Morgan fingerprint density at radius 3 is 2.23 bits per heavy atom. The van der Waals surface area contributed by atoms with Gasteiger partial charge in [0.1, 0.15) is 6.54 Å². The second kappa shape index (κ2) is 9.62. The fourth-order valence-corrected chi connectivity index (χ4v) is 2.06. The van der Waals surface area contributed by atoms with Crippen LogP contribution in [-0.4, -0.2) is 57.8 Å². The van der Waals surface area contributed by atoms with Crippen LogP contribution in [0.2, 0.25) is 0 Å². The average Bonchev–Trinajstić information content (AvgIpc) is 2.38. The van der Waals surface area contributed by atoms with Gasteiger partial charge in [-0.15, -0.1) is 0 Å². The summed E-state index contributed by atoms with van der Waals surface area (Å²) in [6, 6.07) is 0. The van der Waals surface area contributed by atoms with Crippen LogP contribution < -0.4 is 20.7 Å². The molecule has 4 N–H and O–H groups in total. The molecule has 0 unspecified atom stereocenters. The maximum absolute atomic E-state index is 11.7. The Morgan fingerprint density at radius 2 is 1.73 bits per heavy atom. The van der Waals surface area contributed by atoms with Crippen molar-refractivity contribution in [3.05, 3.63) is 0 Å². The van der Waals surface area contributed by atoms with Gasteiger partial charge in [0.25, 0.3) is 0 Å². The maximum Gasteiger partial charge on any atom is 0.242 e. The van der Waals surface area contributed by atoms with Crippen LogP contribution in [0.5, 0.6) is 0 Å². The minimum atomic E-state index is -3.19. The smallest absolute Gasteiger partial charge is 0.242 e. The van der Waals surface area contributed by atoms with E-state index >= 15 is 0 Å². The van der Waals surface area contributed by atoms with Crippen LogP contribution in [0.15, 0.2) is 4.99 Å². The van der Waals surface area contributed by atoms with Crippen molar-refractivity contribution in [2.45, 2.75) is 40.2 Å². The topological polar surface area (TPSA) is 112 Å². The molecule has 1 amide bonds. The highest BCUT2D eigenvalue weighted by Crippen LogP contribution is 1.97. The quantitative estimate of drug-likeness (QED) is 0.269. The fraction of sp³-hybridized carbons (Fsp3) is 0.846. The molecule has 0 aliphatic heterocycles. The molecule has 130 valence electrons. The molecule has 0 radical (unpaired) electrons. The average molecular weight is 335 g/mol. The van der Waals surface area contributed by atoms with Crippen LogP contribution in [0, 0.1) is 0 Å². The Balaban J connectivity index is 4.30. The van der Waals surface area contributed by atoms with E-state index in [0.29, 0.717) is 19.0 Å². The normalized spacial score (nSPS) is 12.9. The van der Waals surface area contributed by atoms with Gasteiger partial charge in [-0.25, -0.2) is 18.1 Å². The highest BCUT2D eigenvalue weighted by atomic mass is 32.2. The largest absolute Gasteiger partial charge is 0.357 e. The van der Waals surface area contributed by atoms with E-state index in [1.54, 1.807) is 6.92 Å². The number of carbonyl (C=O) groups excluding carboxylic acids is 1. The molecular weight excluding hydrogens is 306 g/mol. The molecule has 0 fully saturated rings. The van der Waals surface area contributed by atoms with Crippen LogP contribution in [0.3, 0.4) is 0 Å². The van der Waals surface area contributed by atoms with E-state index in [0.717, 1.165) is 0 Å². The Morgan fingerprint density at radius 1 is 1.09 bits per heavy atom. The SMILES string of the molecule is CCNC(=NCC(=O)NC(C)(C)C)NCCNS(=O)(=O)CC. The van der Waals surface area contributed by atoms with E-state index in [1.807, 2.05) is 27.7 Å². The summed E-state index contributed by atoms with van der Waals surface area (Å²) in [5.41, 5.74) is -0.295. The predicted molar refractivity (Wildman–Crippen MR) is 89.3 cm³/mol. The van der Waals surface area contributed by atoms with E-state index in [9.17, 15) is 13.2 Å². The van der Waals surface area contributed by atoms with Crippen molar-refractivity contribution in [1.82, 2.24) is 20.7 Å². The first-order valence-electron chi connectivity index (χ1n) is 7.40. The number of amides is 1. The Labute approximate surface area is 133 Å². The molecule has 0 aliphatic rings. The van der Waals surface area contributed by atoms with Crippen LogP contribution in [0.1, 0.15) is 34.6 Å². The van der Waals surface area contributed by atoms with Crippen molar-refractivity contribution in [2.24, 2.45) is 4.99 Å². The molecule has 0 aromatic carbocycles. The van der Waals surface area contributed by atoms with Gasteiger partial charge in [0.15, 0.2) is 5.96 Å². The Kier molecular flexibility index (Phi) is 9.03. The summed E-state index contributed by atoms with van der Waals surface area (Å²) >= 11 is 0. The molecule has 0 aliphatic carbocycles. The van der Waals surface area contributed by atoms with Gasteiger partial charge in [0, 0.05) is 25.2 Å². The van der Waals surface area contributed by atoms with E-state index < -0.39 is 10.0 Å². The monoisotopic (exact) mass is 335 g/mol. The van der Waals surface area contributed by atoms with Crippen molar-refractivity contribution >= 4 is 21.9 Å². The van der Waals surface area contributed by atoms with Gasteiger partial charge >= 0.3 is 0 Å².